The molecular weight excluding hydrogens is 362 g/mol. The minimum atomic E-state index is -1.03. The van der Waals surface area contributed by atoms with Crippen molar-refractivity contribution in [2.75, 3.05) is 25.1 Å². The fourth-order valence-electron chi connectivity index (χ4n) is 2.79. The zero-order chi connectivity index (χ0) is 20.1. The van der Waals surface area contributed by atoms with Gasteiger partial charge in [-0.1, -0.05) is 30.3 Å². The van der Waals surface area contributed by atoms with Crippen LogP contribution in [0.15, 0.2) is 54.6 Å². The van der Waals surface area contributed by atoms with E-state index in [0.717, 1.165) is 10.5 Å². The highest BCUT2D eigenvalue weighted by Crippen LogP contribution is 2.24. The number of nitrogens with zero attached hydrogens (tertiary/aromatic N) is 2. The fraction of sp³-hybridized carbons (Fsp3) is 0.200. The van der Waals surface area contributed by atoms with Gasteiger partial charge in [-0.05, 0) is 36.2 Å². The predicted molar refractivity (Wildman–Crippen MR) is 101 cm³/mol. The van der Waals surface area contributed by atoms with Gasteiger partial charge in [0.15, 0.2) is 0 Å². The highest BCUT2D eigenvalue weighted by atomic mass is 16.5. The maximum absolute atomic E-state index is 12.5. The fourth-order valence-corrected chi connectivity index (χ4v) is 2.79. The average Bonchev–Trinajstić information content (AvgIpc) is 2.92. The molecule has 5 amide bonds. The molecule has 2 aromatic carbocycles. The van der Waals surface area contributed by atoms with Crippen LogP contribution in [-0.2, 0) is 20.8 Å². The van der Waals surface area contributed by atoms with Crippen molar-refractivity contribution in [1.29, 1.82) is 0 Å². The third kappa shape index (κ3) is 4.01. The number of methoxy groups -OCH3 is 1. The van der Waals surface area contributed by atoms with Crippen LogP contribution >= 0.6 is 0 Å². The molecule has 0 atom stereocenters. The predicted octanol–water partition coefficient (Wildman–Crippen LogP) is 1.35. The second kappa shape index (κ2) is 8.34. The lowest BCUT2D eigenvalue weighted by atomic mass is 10.1. The zero-order valence-corrected chi connectivity index (χ0v) is 15.3. The summed E-state index contributed by atoms with van der Waals surface area (Å²) in [7, 11) is 1.49. The maximum atomic E-state index is 12.5. The van der Waals surface area contributed by atoms with Gasteiger partial charge in [0, 0.05) is 6.54 Å². The average molecular weight is 381 g/mol. The molecule has 8 heteroatoms. The Hall–Kier alpha value is -3.68. The molecule has 144 valence electrons. The minimum Gasteiger partial charge on any atom is -0.497 e. The Labute approximate surface area is 161 Å². The SMILES string of the molecule is COc1ccc(N2C(=O)C(=O)N(CC(=O)NCCc3ccccc3)C2=O)cc1. The van der Waals surface area contributed by atoms with E-state index in [1.807, 2.05) is 30.3 Å². The lowest BCUT2D eigenvalue weighted by Crippen LogP contribution is -2.42. The van der Waals surface area contributed by atoms with E-state index in [-0.39, 0.29) is 5.69 Å². The Kier molecular flexibility index (Phi) is 5.69. The molecule has 1 aliphatic heterocycles. The van der Waals surface area contributed by atoms with Crippen LogP contribution < -0.4 is 15.0 Å². The number of imide groups is 2. The van der Waals surface area contributed by atoms with Gasteiger partial charge in [-0.25, -0.2) is 14.6 Å². The summed E-state index contributed by atoms with van der Waals surface area (Å²) in [6.45, 7) is -0.153. The topological polar surface area (TPSA) is 96.0 Å². The molecule has 1 fully saturated rings. The number of benzene rings is 2. The largest absolute Gasteiger partial charge is 0.497 e. The molecule has 1 heterocycles. The van der Waals surface area contributed by atoms with Crippen molar-refractivity contribution in [2.45, 2.75) is 6.42 Å². The van der Waals surface area contributed by atoms with E-state index in [4.69, 9.17) is 4.74 Å². The Morgan fingerprint density at radius 3 is 2.29 bits per heavy atom. The second-order valence-electron chi connectivity index (χ2n) is 6.10. The summed E-state index contributed by atoms with van der Waals surface area (Å²) in [6.07, 6.45) is 0.616. The standard InChI is InChI=1S/C20H19N3O5/c1-28-16-9-7-15(8-10-16)23-19(26)18(25)22(20(23)27)13-17(24)21-12-11-14-5-3-2-4-6-14/h2-10H,11-13H2,1H3,(H,21,24). The Bertz CT molecular complexity index is 896. The van der Waals surface area contributed by atoms with Crippen LogP contribution in [-0.4, -0.2) is 48.9 Å². The van der Waals surface area contributed by atoms with Crippen molar-refractivity contribution in [3.63, 3.8) is 0 Å². The molecule has 1 N–H and O–H groups in total. The van der Waals surface area contributed by atoms with Crippen LogP contribution in [0.25, 0.3) is 0 Å². The van der Waals surface area contributed by atoms with Gasteiger partial charge in [0.05, 0.1) is 12.8 Å². The summed E-state index contributed by atoms with van der Waals surface area (Å²) in [5.41, 5.74) is 1.29. The molecular formula is C20H19N3O5. The second-order valence-corrected chi connectivity index (χ2v) is 6.10. The molecule has 1 saturated heterocycles. The van der Waals surface area contributed by atoms with Crippen molar-refractivity contribution in [3.05, 3.63) is 60.2 Å². The number of hydrogen-bond acceptors (Lipinski definition) is 5. The summed E-state index contributed by atoms with van der Waals surface area (Å²) in [5.74, 6) is -1.99. The lowest BCUT2D eigenvalue weighted by Gasteiger charge is -2.15. The summed E-state index contributed by atoms with van der Waals surface area (Å²) in [4.78, 5) is 50.4. The van der Waals surface area contributed by atoms with E-state index in [0.29, 0.717) is 23.6 Å². The van der Waals surface area contributed by atoms with Gasteiger partial charge in [0.25, 0.3) is 0 Å². The number of hydrogen-bond donors (Lipinski definition) is 1. The summed E-state index contributed by atoms with van der Waals surface area (Å²) in [5, 5.41) is 2.65. The third-order valence-corrected chi connectivity index (χ3v) is 4.26. The number of anilines is 1. The summed E-state index contributed by atoms with van der Waals surface area (Å²) < 4.78 is 5.03. The molecule has 0 aromatic heterocycles. The molecule has 0 radical (unpaired) electrons. The number of urea groups is 1. The van der Waals surface area contributed by atoms with Crippen LogP contribution in [0.4, 0.5) is 10.5 Å². The quantitative estimate of drug-likeness (QED) is 0.577. The van der Waals surface area contributed by atoms with Crippen molar-refractivity contribution >= 4 is 29.4 Å². The number of rotatable bonds is 7. The molecule has 8 nitrogen and oxygen atoms in total. The van der Waals surface area contributed by atoms with E-state index in [1.165, 1.54) is 19.2 Å². The van der Waals surface area contributed by atoms with Crippen molar-refractivity contribution in [3.8, 4) is 5.75 Å². The lowest BCUT2D eigenvalue weighted by molar-refractivity contribution is -0.140. The van der Waals surface area contributed by atoms with Gasteiger partial charge in [0.2, 0.25) is 5.91 Å². The van der Waals surface area contributed by atoms with Crippen LogP contribution in [0.5, 0.6) is 5.75 Å². The Balaban J connectivity index is 1.60. The van der Waals surface area contributed by atoms with Gasteiger partial charge in [-0.3, -0.25) is 14.4 Å². The van der Waals surface area contributed by atoms with Crippen molar-refractivity contribution in [2.24, 2.45) is 0 Å². The molecule has 1 aliphatic rings. The highest BCUT2D eigenvalue weighted by Gasteiger charge is 2.46. The van der Waals surface area contributed by atoms with Crippen LogP contribution in [0.2, 0.25) is 0 Å². The first-order valence-electron chi connectivity index (χ1n) is 8.66. The van der Waals surface area contributed by atoms with Gasteiger partial charge in [0.1, 0.15) is 12.3 Å². The van der Waals surface area contributed by atoms with Crippen LogP contribution in [0, 0.1) is 0 Å². The van der Waals surface area contributed by atoms with Gasteiger partial charge >= 0.3 is 17.8 Å². The molecule has 0 bridgehead atoms. The first-order valence-corrected chi connectivity index (χ1v) is 8.66. The zero-order valence-electron chi connectivity index (χ0n) is 15.3. The number of carbonyl (C=O) groups is 4. The smallest absolute Gasteiger partial charge is 0.339 e. The van der Waals surface area contributed by atoms with Gasteiger partial charge < -0.3 is 10.1 Å². The third-order valence-electron chi connectivity index (χ3n) is 4.26. The first-order chi connectivity index (χ1) is 13.5. The first kappa shape index (κ1) is 19.1. The molecule has 2 aromatic rings. The van der Waals surface area contributed by atoms with Crippen molar-refractivity contribution < 1.29 is 23.9 Å². The monoisotopic (exact) mass is 381 g/mol. The highest BCUT2D eigenvalue weighted by molar-refractivity contribution is 6.53. The van der Waals surface area contributed by atoms with Crippen LogP contribution in [0.3, 0.4) is 0 Å². The summed E-state index contributed by atoms with van der Waals surface area (Å²) >= 11 is 0. The molecule has 3 rings (SSSR count). The Morgan fingerprint density at radius 1 is 0.964 bits per heavy atom. The number of carbonyl (C=O) groups excluding carboxylic acids is 4. The van der Waals surface area contributed by atoms with E-state index in [9.17, 15) is 19.2 Å². The van der Waals surface area contributed by atoms with E-state index in [2.05, 4.69) is 5.32 Å². The van der Waals surface area contributed by atoms with Crippen LogP contribution in [0.1, 0.15) is 5.56 Å². The van der Waals surface area contributed by atoms with E-state index < -0.39 is 30.3 Å². The van der Waals surface area contributed by atoms with E-state index in [1.54, 1.807) is 12.1 Å². The minimum absolute atomic E-state index is 0.233. The molecule has 28 heavy (non-hydrogen) atoms. The molecule has 0 saturated carbocycles. The normalized spacial score (nSPS) is 13.8. The summed E-state index contributed by atoms with van der Waals surface area (Å²) in [6, 6.07) is 14.8. The van der Waals surface area contributed by atoms with Gasteiger partial charge in [-0.2, -0.15) is 0 Å². The van der Waals surface area contributed by atoms with Crippen molar-refractivity contribution in [1.82, 2.24) is 10.2 Å². The number of amides is 5. The molecule has 0 unspecified atom stereocenters. The van der Waals surface area contributed by atoms with Gasteiger partial charge in [-0.15, -0.1) is 0 Å². The maximum Gasteiger partial charge on any atom is 0.339 e. The molecule has 0 spiro atoms. The van der Waals surface area contributed by atoms with E-state index >= 15 is 0 Å². The number of nitrogens with one attached hydrogen (secondary N) is 1. The Morgan fingerprint density at radius 2 is 1.64 bits per heavy atom. The number of ether oxygens (including phenoxy) is 1. The molecule has 0 aliphatic carbocycles.